The van der Waals surface area contributed by atoms with Crippen molar-refractivity contribution in [3.63, 3.8) is 0 Å². The van der Waals surface area contributed by atoms with Crippen LogP contribution in [0.15, 0.2) is 122 Å². The molecular weight excluding hydrogens is 881 g/mol. The van der Waals surface area contributed by atoms with Crippen molar-refractivity contribution in [1.82, 2.24) is 28.7 Å². The fraction of sp³-hybridized carbons (Fsp3) is 0. The fourth-order valence-corrected chi connectivity index (χ4v) is 7.14. The van der Waals surface area contributed by atoms with Crippen molar-refractivity contribution in [2.24, 2.45) is 0 Å². The molecule has 4 aromatic carbocycles. The minimum absolute atomic E-state index is 0.0356. The number of carboxylic acids is 6. The van der Waals surface area contributed by atoms with Crippen LogP contribution in [0.25, 0.3) is 57.0 Å². The monoisotopic (exact) mass is 906 g/mol. The lowest BCUT2D eigenvalue weighted by atomic mass is 10.1. The molecule has 22 nitrogen and oxygen atoms in total. The molecule has 67 heavy (non-hydrogen) atoms. The van der Waals surface area contributed by atoms with E-state index in [2.05, 4.69) is 15.9 Å². The first-order valence-corrected chi connectivity index (χ1v) is 19.0. The Balaban J connectivity index is 1.35. The third-order valence-electron chi connectivity index (χ3n) is 10.3. The number of pyridine rings is 2. The van der Waals surface area contributed by atoms with Gasteiger partial charge in [0.1, 0.15) is 11.3 Å². The first-order valence-electron chi connectivity index (χ1n) is 19.0. The lowest BCUT2D eigenvalue weighted by Crippen LogP contribution is -2.22. The molecule has 0 radical (unpaired) electrons. The summed E-state index contributed by atoms with van der Waals surface area (Å²) in [6.07, 6.45) is 2.15. The third-order valence-corrected chi connectivity index (χ3v) is 10.3. The van der Waals surface area contributed by atoms with Crippen molar-refractivity contribution in [1.29, 1.82) is 0 Å². The van der Waals surface area contributed by atoms with Gasteiger partial charge >= 0.3 is 35.8 Å². The molecule has 0 spiro atoms. The van der Waals surface area contributed by atoms with Crippen LogP contribution in [0.2, 0.25) is 0 Å². The highest BCUT2D eigenvalue weighted by atomic mass is 16.4. The van der Waals surface area contributed by atoms with Gasteiger partial charge in [-0.15, -0.1) is 5.73 Å². The molecule has 0 saturated carbocycles. The van der Waals surface area contributed by atoms with Gasteiger partial charge in [-0.1, -0.05) is 0 Å². The van der Waals surface area contributed by atoms with Crippen LogP contribution in [0, 0.1) is 0 Å². The Morgan fingerprint density at radius 2 is 0.687 bits per heavy atom. The van der Waals surface area contributed by atoms with E-state index in [-0.39, 0.29) is 67.1 Å². The van der Waals surface area contributed by atoms with Gasteiger partial charge in [0.25, 0.3) is 22.2 Å². The Bertz CT molecular complexity index is 3530. The highest BCUT2D eigenvalue weighted by Gasteiger charge is 2.22. The smallest absolute Gasteiger partial charge is 0.335 e. The number of carbonyl (C=O) groups is 6. The maximum absolute atomic E-state index is 14.3. The standard InChI is InChI=1S/C45H26N6O16/c52-36-22(18-32-34(48(36)28-8-4-20(5-9-28)40(56)57)46-50(38(32)54)30-14-24(42(60)61)12-25(15-30)43(62)63)2-1-3-23-19-33-35(49(37(23)53)29-10-6-21(7-11-29)41(58)59)47-51(39(33)55)31-16-26(44(64)65)13-27(17-31)45(66)67/h2-19,46-47H,(H,56,57)(H,58,59)(H,60,61)(H,62,63)(H,64,65)(H,66,67). The number of H-pyrrole nitrogens is 2. The van der Waals surface area contributed by atoms with Crippen molar-refractivity contribution in [3.8, 4) is 22.7 Å². The van der Waals surface area contributed by atoms with Gasteiger partial charge in [0.05, 0.1) is 66.9 Å². The van der Waals surface area contributed by atoms with Gasteiger partial charge in [0, 0.05) is 11.1 Å². The normalized spacial score (nSPS) is 11.0. The van der Waals surface area contributed by atoms with E-state index in [4.69, 9.17) is 0 Å². The molecule has 0 unspecified atom stereocenters. The topological polar surface area (TPSA) is 343 Å². The number of aromatic nitrogens is 6. The molecule has 0 atom stereocenters. The summed E-state index contributed by atoms with van der Waals surface area (Å²) in [6.45, 7) is 0. The summed E-state index contributed by atoms with van der Waals surface area (Å²) < 4.78 is 3.59. The van der Waals surface area contributed by atoms with Crippen LogP contribution in [0.1, 0.15) is 73.3 Å². The summed E-state index contributed by atoms with van der Waals surface area (Å²) in [7, 11) is 0. The third kappa shape index (κ3) is 7.77. The van der Waals surface area contributed by atoms with Crippen LogP contribution in [0.3, 0.4) is 0 Å². The van der Waals surface area contributed by atoms with Crippen LogP contribution < -0.4 is 22.2 Å². The molecule has 8 aromatic rings. The first-order chi connectivity index (χ1) is 31.8. The molecule has 332 valence electrons. The Labute approximate surface area is 368 Å². The average Bonchev–Trinajstić information content (AvgIpc) is 3.80. The zero-order chi connectivity index (χ0) is 48.2. The van der Waals surface area contributed by atoms with Crippen LogP contribution in [0.4, 0.5) is 0 Å². The van der Waals surface area contributed by atoms with Gasteiger partial charge in [-0.2, -0.15) is 0 Å². The van der Waals surface area contributed by atoms with Crippen molar-refractivity contribution >= 4 is 70.0 Å². The molecule has 0 bridgehead atoms. The van der Waals surface area contributed by atoms with E-state index in [0.29, 0.717) is 0 Å². The number of hydrogen-bond acceptors (Lipinski definition) is 10. The van der Waals surface area contributed by atoms with Crippen LogP contribution >= 0.6 is 0 Å². The number of aromatic carboxylic acids is 6. The van der Waals surface area contributed by atoms with E-state index in [1.165, 1.54) is 48.5 Å². The summed E-state index contributed by atoms with van der Waals surface area (Å²) in [5, 5.41) is 62.6. The van der Waals surface area contributed by atoms with Crippen molar-refractivity contribution < 1.29 is 59.4 Å². The number of aromatic amines is 2. The minimum atomic E-state index is -1.51. The second-order valence-corrected chi connectivity index (χ2v) is 14.4. The first kappa shape index (κ1) is 43.3. The van der Waals surface area contributed by atoms with Gasteiger partial charge in [-0.05, 0) is 109 Å². The summed E-state index contributed by atoms with van der Waals surface area (Å²) in [6, 6.07) is 17.9. The second-order valence-electron chi connectivity index (χ2n) is 14.4. The molecule has 0 aliphatic carbocycles. The van der Waals surface area contributed by atoms with Gasteiger partial charge in [0.2, 0.25) is 0 Å². The quantitative estimate of drug-likeness (QED) is 0.0809. The summed E-state index contributed by atoms with van der Waals surface area (Å²) >= 11 is 0. The number of carboxylic acid groups (broad SMARTS) is 6. The summed E-state index contributed by atoms with van der Waals surface area (Å²) in [5.74, 6) is -8.60. The fourth-order valence-electron chi connectivity index (χ4n) is 7.14. The van der Waals surface area contributed by atoms with Gasteiger partial charge < -0.3 is 30.6 Å². The lowest BCUT2D eigenvalue weighted by molar-refractivity contribution is 0.0676. The van der Waals surface area contributed by atoms with E-state index in [1.54, 1.807) is 0 Å². The average molecular weight is 907 g/mol. The van der Waals surface area contributed by atoms with Crippen molar-refractivity contribution in [2.75, 3.05) is 0 Å². The molecule has 0 aliphatic rings. The molecule has 0 fully saturated rings. The summed E-state index contributed by atoms with van der Waals surface area (Å²) in [4.78, 5) is 128. The van der Waals surface area contributed by atoms with Gasteiger partial charge in [-0.3, -0.25) is 38.5 Å². The molecule has 0 saturated heterocycles. The Morgan fingerprint density at radius 3 is 0.970 bits per heavy atom. The second kappa shape index (κ2) is 16.4. The molecule has 0 aliphatic heterocycles. The predicted molar refractivity (Wildman–Crippen MR) is 233 cm³/mol. The van der Waals surface area contributed by atoms with Gasteiger partial charge in [-0.25, -0.2) is 38.1 Å². The van der Waals surface area contributed by atoms with E-state index in [1.807, 2.05) is 0 Å². The van der Waals surface area contributed by atoms with Crippen LogP contribution in [-0.4, -0.2) is 95.2 Å². The minimum Gasteiger partial charge on any atom is -0.478 e. The van der Waals surface area contributed by atoms with Gasteiger partial charge in [0.15, 0.2) is 0 Å². The van der Waals surface area contributed by atoms with E-state index in [0.717, 1.165) is 79.2 Å². The number of fused-ring (bicyclic) bond motifs is 2. The molecular formula is C45H26N6O16. The predicted octanol–water partition coefficient (Wildman–Crippen LogP) is 3.77. The van der Waals surface area contributed by atoms with Crippen LogP contribution in [-0.2, 0) is 0 Å². The Hall–Kier alpha value is -10.3. The number of benzene rings is 4. The zero-order valence-electron chi connectivity index (χ0n) is 33.4. The van der Waals surface area contributed by atoms with E-state index >= 15 is 0 Å². The Kier molecular flexibility index (Phi) is 10.6. The van der Waals surface area contributed by atoms with Crippen molar-refractivity contribution in [2.45, 2.75) is 0 Å². The number of rotatable bonds is 12. The maximum atomic E-state index is 14.3. The molecule has 22 heteroatoms. The lowest BCUT2D eigenvalue weighted by Gasteiger charge is -2.10. The van der Waals surface area contributed by atoms with E-state index < -0.39 is 80.3 Å². The molecule has 4 aromatic heterocycles. The molecule has 4 heterocycles. The summed E-state index contributed by atoms with van der Waals surface area (Å²) in [5.41, 5.74) is -4.32. The van der Waals surface area contributed by atoms with E-state index in [9.17, 15) is 78.6 Å². The molecule has 8 N–H and O–H groups in total. The molecule has 8 rings (SSSR count). The Morgan fingerprint density at radius 1 is 0.388 bits per heavy atom. The number of nitrogens with one attached hydrogen (secondary N) is 2. The van der Waals surface area contributed by atoms with Crippen molar-refractivity contribution in [3.05, 3.63) is 189 Å². The van der Waals surface area contributed by atoms with Crippen LogP contribution in [0.5, 0.6) is 0 Å². The largest absolute Gasteiger partial charge is 0.478 e. The highest BCUT2D eigenvalue weighted by molar-refractivity contribution is 5.96. The highest BCUT2D eigenvalue weighted by Crippen LogP contribution is 2.22. The zero-order valence-corrected chi connectivity index (χ0v) is 33.4. The number of hydrogen-bond donors (Lipinski definition) is 8. The molecule has 0 amide bonds. The SMILES string of the molecule is O=C(O)c1ccc(-n2c(=O)c(C=C=Cc3cc4c(=O)n(-c5cc(C(=O)O)cc(C(=O)O)c5)[nH]c4n(-c4ccc(C(=O)O)cc4)c3=O)cc3c(=O)n(-c4cc(C(=O)O)cc(C(=O)O)c4)[nH]c32)cc1. The maximum Gasteiger partial charge on any atom is 0.335 e. The number of nitrogens with zero attached hydrogens (tertiary/aromatic N) is 4.